The summed E-state index contributed by atoms with van der Waals surface area (Å²) >= 11 is 0. The largest absolute Gasteiger partial charge is 0.396 e. The molecule has 164 valence electrons. The first-order valence-electron chi connectivity index (χ1n) is 10.6. The molecule has 2 amide bonds. The molecule has 0 radical (unpaired) electrons. The van der Waals surface area contributed by atoms with Crippen molar-refractivity contribution in [2.75, 3.05) is 13.2 Å². The minimum Gasteiger partial charge on any atom is -0.396 e. The second-order valence-corrected chi connectivity index (χ2v) is 7.67. The third-order valence-corrected chi connectivity index (χ3v) is 5.60. The number of hydrogen-bond donors (Lipinski definition) is 2. The molecule has 1 aliphatic heterocycles. The van der Waals surface area contributed by atoms with E-state index in [1.54, 1.807) is 23.4 Å². The molecule has 1 atom stereocenters. The maximum Gasteiger partial charge on any atom is 0.269 e. The number of benzene rings is 1. The molecule has 4 rings (SSSR count). The number of nitrogens with one attached hydrogen (secondary N) is 1. The highest BCUT2D eigenvalue weighted by Gasteiger charge is 2.35. The Bertz CT molecular complexity index is 1150. The third kappa shape index (κ3) is 4.09. The molecule has 0 saturated heterocycles. The van der Waals surface area contributed by atoms with Gasteiger partial charge in [-0.1, -0.05) is 18.2 Å². The van der Waals surface area contributed by atoms with Crippen LogP contribution < -0.4 is 5.32 Å². The van der Waals surface area contributed by atoms with Crippen LogP contribution in [0.15, 0.2) is 49.1 Å². The Morgan fingerprint density at radius 2 is 1.91 bits per heavy atom. The molecule has 1 aliphatic rings. The van der Waals surface area contributed by atoms with Crippen LogP contribution >= 0.6 is 0 Å². The molecule has 0 bridgehead atoms. The second kappa shape index (κ2) is 9.23. The van der Waals surface area contributed by atoms with Gasteiger partial charge in [-0.3, -0.25) is 9.59 Å². The van der Waals surface area contributed by atoms with Gasteiger partial charge in [0.05, 0.1) is 11.7 Å². The van der Waals surface area contributed by atoms with Crippen molar-refractivity contribution in [2.45, 2.75) is 32.9 Å². The van der Waals surface area contributed by atoms with Crippen LogP contribution in [0, 0.1) is 0 Å². The number of aliphatic hydroxyl groups is 1. The summed E-state index contributed by atoms with van der Waals surface area (Å²) in [6, 6.07) is 9.25. The predicted molar refractivity (Wildman–Crippen MR) is 119 cm³/mol. The van der Waals surface area contributed by atoms with E-state index < -0.39 is 0 Å². The number of pyridine rings is 1. The summed E-state index contributed by atoms with van der Waals surface area (Å²) in [5, 5.41) is 12.5. The topological polar surface area (TPSA) is 108 Å². The number of rotatable bonds is 6. The van der Waals surface area contributed by atoms with Crippen LogP contribution in [0.25, 0.3) is 22.4 Å². The SMILES string of the molecule is CCNC(=O)c1cc2c(c(-c3cccc(-c4cncnc4)c3)n1)[C@@H](CCO)N(C(C)=O)C2. The van der Waals surface area contributed by atoms with Crippen molar-refractivity contribution < 1.29 is 14.7 Å². The van der Waals surface area contributed by atoms with E-state index in [4.69, 9.17) is 4.98 Å². The Morgan fingerprint density at radius 3 is 2.59 bits per heavy atom. The number of nitrogens with zero attached hydrogens (tertiary/aromatic N) is 4. The molecule has 0 unspecified atom stereocenters. The van der Waals surface area contributed by atoms with Gasteiger partial charge in [0.25, 0.3) is 5.91 Å². The summed E-state index contributed by atoms with van der Waals surface area (Å²) in [6.45, 7) is 4.18. The molecular weight excluding hydrogens is 406 g/mol. The molecule has 3 heterocycles. The standard InChI is InChI=1S/C24H25N5O3/c1-3-27-24(32)20-10-18-13-29(15(2)31)21(7-8-30)22(18)23(28-20)17-6-4-5-16(9-17)19-11-25-14-26-12-19/h4-6,9-12,14,21,30H,3,7-8,13H2,1-2H3,(H,27,32)/t21-/m1/s1. The van der Waals surface area contributed by atoms with E-state index in [0.717, 1.165) is 27.8 Å². The highest BCUT2D eigenvalue weighted by Crippen LogP contribution is 2.42. The zero-order chi connectivity index (χ0) is 22.7. The number of carbonyl (C=O) groups excluding carboxylic acids is 2. The Labute approximate surface area is 186 Å². The molecule has 0 saturated carbocycles. The molecule has 32 heavy (non-hydrogen) atoms. The van der Waals surface area contributed by atoms with Crippen LogP contribution in [0.1, 0.15) is 47.9 Å². The maximum absolute atomic E-state index is 12.6. The summed E-state index contributed by atoms with van der Waals surface area (Å²) < 4.78 is 0. The van der Waals surface area contributed by atoms with Crippen LogP contribution in [0.5, 0.6) is 0 Å². The molecule has 0 spiro atoms. The lowest BCUT2D eigenvalue weighted by Crippen LogP contribution is -2.27. The van der Waals surface area contributed by atoms with Gasteiger partial charge < -0.3 is 15.3 Å². The van der Waals surface area contributed by atoms with Gasteiger partial charge >= 0.3 is 0 Å². The minimum absolute atomic E-state index is 0.0627. The molecule has 8 heteroatoms. The second-order valence-electron chi connectivity index (χ2n) is 7.67. The molecule has 0 fully saturated rings. The number of amides is 2. The van der Waals surface area contributed by atoms with Crippen molar-refractivity contribution in [1.29, 1.82) is 0 Å². The quantitative estimate of drug-likeness (QED) is 0.621. The average molecular weight is 431 g/mol. The van der Waals surface area contributed by atoms with Gasteiger partial charge in [0.15, 0.2) is 0 Å². The Hall–Kier alpha value is -3.65. The number of aromatic nitrogens is 3. The number of fused-ring (bicyclic) bond motifs is 1. The van der Waals surface area contributed by atoms with E-state index in [1.165, 1.54) is 13.3 Å². The smallest absolute Gasteiger partial charge is 0.269 e. The lowest BCUT2D eigenvalue weighted by molar-refractivity contribution is -0.131. The summed E-state index contributed by atoms with van der Waals surface area (Å²) in [4.78, 5) is 39.6. The molecule has 3 aromatic rings. The Morgan fingerprint density at radius 1 is 1.16 bits per heavy atom. The fourth-order valence-corrected chi connectivity index (χ4v) is 4.19. The monoisotopic (exact) mass is 431 g/mol. The van der Waals surface area contributed by atoms with Crippen LogP contribution in [0.2, 0.25) is 0 Å². The fourth-order valence-electron chi connectivity index (χ4n) is 4.19. The van der Waals surface area contributed by atoms with Crippen molar-refractivity contribution in [2.24, 2.45) is 0 Å². The third-order valence-electron chi connectivity index (χ3n) is 5.60. The first kappa shape index (κ1) is 21.6. The molecule has 8 nitrogen and oxygen atoms in total. The number of carbonyl (C=O) groups is 2. The lowest BCUT2D eigenvalue weighted by Gasteiger charge is -2.24. The normalized spacial score (nSPS) is 14.8. The summed E-state index contributed by atoms with van der Waals surface area (Å²) in [6.07, 6.45) is 5.35. The molecule has 2 N–H and O–H groups in total. The Kier molecular flexibility index (Phi) is 6.23. The first-order valence-corrected chi connectivity index (χ1v) is 10.6. The van der Waals surface area contributed by atoms with E-state index in [2.05, 4.69) is 15.3 Å². The zero-order valence-corrected chi connectivity index (χ0v) is 18.1. The first-order chi connectivity index (χ1) is 15.5. The number of aliphatic hydroxyl groups excluding tert-OH is 1. The van der Waals surface area contributed by atoms with Crippen LogP contribution in [0.4, 0.5) is 0 Å². The highest BCUT2D eigenvalue weighted by molar-refractivity contribution is 5.93. The van der Waals surface area contributed by atoms with Gasteiger partial charge in [0.2, 0.25) is 5.91 Å². The van der Waals surface area contributed by atoms with Gasteiger partial charge in [-0.05, 0) is 36.6 Å². The van der Waals surface area contributed by atoms with Crippen LogP contribution in [-0.2, 0) is 11.3 Å². The highest BCUT2D eigenvalue weighted by atomic mass is 16.3. The van der Waals surface area contributed by atoms with E-state index in [9.17, 15) is 14.7 Å². The van der Waals surface area contributed by atoms with Crippen LogP contribution in [-0.4, -0.2) is 49.9 Å². The van der Waals surface area contributed by atoms with Crippen molar-refractivity contribution in [3.8, 4) is 22.4 Å². The molecule has 0 aliphatic carbocycles. The van der Waals surface area contributed by atoms with E-state index in [0.29, 0.717) is 30.9 Å². The van der Waals surface area contributed by atoms with Gasteiger partial charge in [-0.25, -0.2) is 15.0 Å². The summed E-state index contributed by atoms with van der Waals surface area (Å²) in [7, 11) is 0. The number of hydrogen-bond acceptors (Lipinski definition) is 6. The molecule has 2 aromatic heterocycles. The summed E-state index contributed by atoms with van der Waals surface area (Å²) in [5.41, 5.74) is 5.31. The van der Waals surface area contributed by atoms with Gasteiger partial charge in [-0.15, -0.1) is 0 Å². The van der Waals surface area contributed by atoms with Crippen molar-refractivity contribution in [1.82, 2.24) is 25.2 Å². The van der Waals surface area contributed by atoms with E-state index >= 15 is 0 Å². The van der Waals surface area contributed by atoms with Crippen LogP contribution in [0.3, 0.4) is 0 Å². The maximum atomic E-state index is 12.6. The average Bonchev–Trinajstić information content (AvgIpc) is 3.18. The molecular formula is C24H25N5O3. The molecule has 1 aromatic carbocycles. The van der Waals surface area contributed by atoms with E-state index in [-0.39, 0.29) is 24.5 Å². The van der Waals surface area contributed by atoms with Gasteiger partial charge in [0.1, 0.15) is 12.0 Å². The minimum atomic E-state index is -0.304. The van der Waals surface area contributed by atoms with Gasteiger partial charge in [-0.2, -0.15) is 0 Å². The fraction of sp³-hybridized carbons (Fsp3) is 0.292. The van der Waals surface area contributed by atoms with Gasteiger partial charge in [0, 0.05) is 55.7 Å². The Balaban J connectivity index is 1.90. The summed E-state index contributed by atoms with van der Waals surface area (Å²) in [5.74, 6) is -0.343. The lowest BCUT2D eigenvalue weighted by atomic mass is 9.94. The van der Waals surface area contributed by atoms with Crippen molar-refractivity contribution in [3.05, 3.63) is 65.9 Å². The van der Waals surface area contributed by atoms with Crippen molar-refractivity contribution >= 4 is 11.8 Å². The van der Waals surface area contributed by atoms with E-state index in [1.807, 2.05) is 31.2 Å². The van der Waals surface area contributed by atoms with Crippen molar-refractivity contribution in [3.63, 3.8) is 0 Å². The zero-order valence-electron chi connectivity index (χ0n) is 18.1. The predicted octanol–water partition coefficient (Wildman–Crippen LogP) is 2.74.